The minimum Gasteiger partial charge on any atom is -0.337 e. The molecule has 1 saturated heterocycles. The lowest BCUT2D eigenvalue weighted by Crippen LogP contribution is -2.40. The molecule has 0 radical (unpaired) electrons. The molecule has 2 fully saturated rings. The van der Waals surface area contributed by atoms with Crippen LogP contribution in [0, 0.1) is 0 Å². The highest BCUT2D eigenvalue weighted by molar-refractivity contribution is 5.92. The third-order valence-corrected chi connectivity index (χ3v) is 5.93. The molecule has 1 aliphatic heterocycles. The predicted molar refractivity (Wildman–Crippen MR) is 101 cm³/mol. The normalized spacial score (nSPS) is 21.1. The van der Waals surface area contributed by atoms with E-state index in [2.05, 4.69) is 10.2 Å². The first-order chi connectivity index (χ1) is 13.1. The molecule has 2 aromatic rings. The number of hydrogen-bond donors (Lipinski definition) is 0. The molecule has 0 bridgehead atoms. The summed E-state index contributed by atoms with van der Waals surface area (Å²) in [4.78, 5) is 27.4. The van der Waals surface area contributed by atoms with Crippen LogP contribution in [0.2, 0.25) is 0 Å². The van der Waals surface area contributed by atoms with Crippen LogP contribution >= 0.6 is 0 Å². The SMILES string of the molecule is CCn1ccc(C(=O)N2CCCC(c3nn(C)c(=O)n3C3CCCC3)C2)n1. The lowest BCUT2D eigenvalue weighted by molar-refractivity contribution is 0.0695. The molecule has 0 spiro atoms. The van der Waals surface area contributed by atoms with E-state index in [-0.39, 0.29) is 23.6 Å². The molecule has 146 valence electrons. The van der Waals surface area contributed by atoms with Gasteiger partial charge in [-0.2, -0.15) is 10.2 Å². The lowest BCUT2D eigenvalue weighted by Gasteiger charge is -2.32. The van der Waals surface area contributed by atoms with E-state index in [0.717, 1.165) is 44.6 Å². The van der Waals surface area contributed by atoms with Gasteiger partial charge in [0, 0.05) is 44.8 Å². The molecule has 3 heterocycles. The van der Waals surface area contributed by atoms with Gasteiger partial charge in [0.1, 0.15) is 11.5 Å². The van der Waals surface area contributed by atoms with E-state index < -0.39 is 0 Å². The highest BCUT2D eigenvalue weighted by atomic mass is 16.2. The van der Waals surface area contributed by atoms with Crippen molar-refractivity contribution < 1.29 is 4.79 Å². The van der Waals surface area contributed by atoms with Gasteiger partial charge in [-0.25, -0.2) is 9.48 Å². The fourth-order valence-corrected chi connectivity index (χ4v) is 4.47. The molecule has 2 aliphatic rings. The molecule has 1 saturated carbocycles. The van der Waals surface area contributed by atoms with Gasteiger partial charge in [0.15, 0.2) is 0 Å². The molecule has 0 N–H and O–H groups in total. The van der Waals surface area contributed by atoms with Crippen LogP contribution in [0.5, 0.6) is 0 Å². The van der Waals surface area contributed by atoms with Gasteiger partial charge in [-0.05, 0) is 38.7 Å². The minimum absolute atomic E-state index is 0.0259. The Morgan fingerprint density at radius 2 is 1.96 bits per heavy atom. The number of hydrogen-bond acceptors (Lipinski definition) is 4. The summed E-state index contributed by atoms with van der Waals surface area (Å²) in [6.45, 7) is 4.08. The van der Waals surface area contributed by atoms with Crippen LogP contribution in [-0.4, -0.2) is 48.0 Å². The van der Waals surface area contributed by atoms with E-state index in [1.807, 2.05) is 22.6 Å². The molecule has 8 heteroatoms. The summed E-state index contributed by atoms with van der Waals surface area (Å²) in [5.41, 5.74) is 0.466. The van der Waals surface area contributed by atoms with Crippen LogP contribution in [0.4, 0.5) is 0 Å². The maximum absolute atomic E-state index is 12.9. The van der Waals surface area contributed by atoms with E-state index in [4.69, 9.17) is 0 Å². The maximum atomic E-state index is 12.9. The first kappa shape index (κ1) is 18.0. The first-order valence-electron chi connectivity index (χ1n) is 10.1. The van der Waals surface area contributed by atoms with E-state index in [1.165, 1.54) is 17.5 Å². The maximum Gasteiger partial charge on any atom is 0.345 e. The fraction of sp³-hybridized carbons (Fsp3) is 0.684. The highest BCUT2D eigenvalue weighted by Crippen LogP contribution is 2.33. The molecule has 8 nitrogen and oxygen atoms in total. The van der Waals surface area contributed by atoms with Crippen molar-refractivity contribution in [3.63, 3.8) is 0 Å². The van der Waals surface area contributed by atoms with E-state index >= 15 is 0 Å². The monoisotopic (exact) mass is 372 g/mol. The van der Waals surface area contributed by atoms with Gasteiger partial charge in [-0.3, -0.25) is 14.0 Å². The number of carbonyl (C=O) groups is 1. The standard InChI is InChI=1S/C19H28N6O2/c1-3-24-12-10-16(20-24)18(26)23-11-6-7-14(13-23)17-21-22(2)19(27)25(17)15-8-4-5-9-15/h10,12,14-15H,3-9,11,13H2,1-2H3. The van der Waals surface area contributed by atoms with Crippen molar-refractivity contribution >= 4 is 5.91 Å². The van der Waals surface area contributed by atoms with Gasteiger partial charge in [0.05, 0.1) is 0 Å². The molecule has 0 aromatic carbocycles. The Bertz CT molecular complexity index is 873. The Kier molecular flexibility index (Phi) is 4.88. The minimum atomic E-state index is -0.0300. The van der Waals surface area contributed by atoms with Crippen LogP contribution in [-0.2, 0) is 13.6 Å². The zero-order valence-electron chi connectivity index (χ0n) is 16.2. The third-order valence-electron chi connectivity index (χ3n) is 5.93. The van der Waals surface area contributed by atoms with E-state index in [0.29, 0.717) is 12.2 Å². The van der Waals surface area contributed by atoms with Crippen molar-refractivity contribution in [3.8, 4) is 0 Å². The second-order valence-corrected chi connectivity index (χ2v) is 7.72. The van der Waals surface area contributed by atoms with Gasteiger partial charge in [0.2, 0.25) is 0 Å². The van der Waals surface area contributed by atoms with Crippen LogP contribution < -0.4 is 5.69 Å². The molecular formula is C19H28N6O2. The summed E-state index contributed by atoms with van der Waals surface area (Å²) in [7, 11) is 1.72. The van der Waals surface area contributed by atoms with Gasteiger partial charge in [-0.15, -0.1) is 0 Å². The topological polar surface area (TPSA) is 78.0 Å². The van der Waals surface area contributed by atoms with Crippen LogP contribution in [0.25, 0.3) is 0 Å². The molecule has 1 atom stereocenters. The summed E-state index contributed by atoms with van der Waals surface area (Å²) < 4.78 is 5.14. The van der Waals surface area contributed by atoms with Crippen molar-refractivity contribution in [1.29, 1.82) is 0 Å². The molecule has 4 rings (SSSR count). The average Bonchev–Trinajstić information content (AvgIpc) is 3.42. The first-order valence-corrected chi connectivity index (χ1v) is 10.1. The quantitative estimate of drug-likeness (QED) is 0.822. The summed E-state index contributed by atoms with van der Waals surface area (Å²) in [5.74, 6) is 0.925. The highest BCUT2D eigenvalue weighted by Gasteiger charge is 2.32. The number of aryl methyl sites for hydroxylation is 2. The number of nitrogens with zero attached hydrogens (tertiary/aromatic N) is 6. The van der Waals surface area contributed by atoms with Gasteiger partial charge >= 0.3 is 5.69 Å². The Hall–Kier alpha value is -2.38. The smallest absolute Gasteiger partial charge is 0.337 e. The lowest BCUT2D eigenvalue weighted by atomic mass is 9.96. The second kappa shape index (κ2) is 7.32. The molecule has 27 heavy (non-hydrogen) atoms. The van der Waals surface area contributed by atoms with E-state index in [1.54, 1.807) is 17.8 Å². The number of carbonyl (C=O) groups excluding carboxylic acids is 1. The molecular weight excluding hydrogens is 344 g/mol. The fourth-order valence-electron chi connectivity index (χ4n) is 4.47. The van der Waals surface area contributed by atoms with Crippen molar-refractivity contribution in [2.24, 2.45) is 7.05 Å². The van der Waals surface area contributed by atoms with Gasteiger partial charge < -0.3 is 4.90 Å². The second-order valence-electron chi connectivity index (χ2n) is 7.72. The van der Waals surface area contributed by atoms with Crippen molar-refractivity contribution in [2.75, 3.05) is 13.1 Å². The molecule has 2 aromatic heterocycles. The molecule has 1 aliphatic carbocycles. The molecule has 1 unspecified atom stereocenters. The number of aromatic nitrogens is 5. The number of piperidine rings is 1. The number of rotatable bonds is 4. The largest absolute Gasteiger partial charge is 0.345 e. The van der Waals surface area contributed by atoms with Gasteiger partial charge in [0.25, 0.3) is 5.91 Å². The molecule has 1 amide bonds. The average molecular weight is 372 g/mol. The van der Waals surface area contributed by atoms with Crippen LogP contribution in [0.1, 0.15) is 73.7 Å². The van der Waals surface area contributed by atoms with Crippen LogP contribution in [0.3, 0.4) is 0 Å². The number of amides is 1. The van der Waals surface area contributed by atoms with Crippen molar-refractivity contribution in [2.45, 2.75) is 64.0 Å². The predicted octanol–water partition coefficient (Wildman–Crippen LogP) is 1.93. The Morgan fingerprint density at radius 3 is 2.67 bits per heavy atom. The zero-order chi connectivity index (χ0) is 19.0. The number of likely N-dealkylation sites (tertiary alicyclic amines) is 1. The zero-order valence-corrected chi connectivity index (χ0v) is 16.2. The Labute approximate surface area is 158 Å². The summed E-state index contributed by atoms with van der Waals surface area (Å²) >= 11 is 0. The summed E-state index contributed by atoms with van der Waals surface area (Å²) in [5, 5.41) is 8.92. The Morgan fingerprint density at radius 1 is 1.19 bits per heavy atom. The summed E-state index contributed by atoms with van der Waals surface area (Å²) in [6.07, 6.45) is 8.13. The third kappa shape index (κ3) is 3.33. The Balaban J connectivity index is 1.57. The van der Waals surface area contributed by atoms with Crippen molar-refractivity contribution in [3.05, 3.63) is 34.3 Å². The van der Waals surface area contributed by atoms with E-state index in [9.17, 15) is 9.59 Å². The van der Waals surface area contributed by atoms with Crippen molar-refractivity contribution in [1.82, 2.24) is 29.0 Å². The van der Waals surface area contributed by atoms with Gasteiger partial charge in [-0.1, -0.05) is 12.8 Å². The summed E-state index contributed by atoms with van der Waals surface area (Å²) in [6, 6.07) is 2.04. The van der Waals surface area contributed by atoms with Crippen LogP contribution in [0.15, 0.2) is 17.1 Å².